The van der Waals surface area contributed by atoms with Crippen molar-refractivity contribution < 1.29 is 27.4 Å². The number of ether oxygens (including phenoxy) is 2. The molecular weight excluding hydrogens is 415 g/mol. The molecule has 0 aliphatic heterocycles. The predicted octanol–water partition coefficient (Wildman–Crippen LogP) is 3.38. The molecule has 3 N–H and O–H groups in total. The van der Waals surface area contributed by atoms with Gasteiger partial charge in [-0.3, -0.25) is 0 Å². The van der Waals surface area contributed by atoms with Crippen LogP contribution < -0.4 is 20.7 Å². The van der Waals surface area contributed by atoms with Gasteiger partial charge in [-0.2, -0.15) is 13.2 Å². The smallest absolute Gasteiger partial charge is 0.422 e. The Kier molecular flexibility index (Phi) is 9.39. The summed E-state index contributed by atoms with van der Waals surface area (Å²) in [5, 5.41) is 9.00. The lowest BCUT2D eigenvalue weighted by atomic mass is 10.1. The van der Waals surface area contributed by atoms with E-state index in [0.29, 0.717) is 24.6 Å². The van der Waals surface area contributed by atoms with Crippen LogP contribution in [0, 0.1) is 0 Å². The van der Waals surface area contributed by atoms with Crippen LogP contribution in [-0.2, 0) is 11.3 Å². The van der Waals surface area contributed by atoms with Crippen LogP contribution in [0.1, 0.15) is 47.1 Å². The summed E-state index contributed by atoms with van der Waals surface area (Å²) in [5.41, 5.74) is -0.596. The number of aromatic nitrogens is 1. The molecule has 0 saturated carbocycles. The molecule has 0 spiro atoms. The Hall–Kier alpha value is -2.72. The highest BCUT2D eigenvalue weighted by Gasteiger charge is 2.28. The Morgan fingerprint density at radius 3 is 2.42 bits per heavy atom. The van der Waals surface area contributed by atoms with E-state index in [-0.39, 0.29) is 12.4 Å². The molecule has 0 aromatic carbocycles. The second kappa shape index (κ2) is 11.1. The normalized spacial score (nSPS) is 12.9. The summed E-state index contributed by atoms with van der Waals surface area (Å²) in [6, 6.07) is 3.05. The van der Waals surface area contributed by atoms with Gasteiger partial charge in [0.15, 0.2) is 12.6 Å². The molecule has 0 bridgehead atoms. The lowest BCUT2D eigenvalue weighted by Gasteiger charge is -2.29. The van der Waals surface area contributed by atoms with Crippen molar-refractivity contribution >= 4 is 12.1 Å². The van der Waals surface area contributed by atoms with Gasteiger partial charge in [0.1, 0.15) is 5.60 Å². The van der Waals surface area contributed by atoms with Crippen LogP contribution in [0.4, 0.5) is 18.0 Å². The molecule has 1 heterocycles. The van der Waals surface area contributed by atoms with E-state index in [2.05, 4.69) is 30.7 Å². The van der Waals surface area contributed by atoms with E-state index in [1.54, 1.807) is 26.8 Å². The topological polar surface area (TPSA) is 96.9 Å². The first kappa shape index (κ1) is 26.3. The van der Waals surface area contributed by atoms with Crippen LogP contribution in [0.15, 0.2) is 23.3 Å². The van der Waals surface area contributed by atoms with Crippen LogP contribution in [0.3, 0.4) is 0 Å². The fraction of sp³-hybridized carbons (Fsp3) is 0.650. The number of carbonyl (C=O) groups excluding carboxylic acids is 1. The largest absolute Gasteiger partial charge is 0.468 e. The van der Waals surface area contributed by atoms with Crippen LogP contribution >= 0.6 is 0 Å². The van der Waals surface area contributed by atoms with Crippen molar-refractivity contribution in [1.82, 2.24) is 20.9 Å². The molecule has 8 nitrogen and oxygen atoms in total. The number of nitrogens with zero attached hydrogens (tertiary/aromatic N) is 2. The van der Waals surface area contributed by atoms with Gasteiger partial charge in [0.25, 0.3) is 0 Å². The fourth-order valence-corrected chi connectivity index (χ4v) is 2.22. The second-order valence-corrected chi connectivity index (χ2v) is 8.47. The third-order valence-corrected chi connectivity index (χ3v) is 3.48. The molecule has 11 heteroatoms. The number of guanidine groups is 1. The number of pyridine rings is 1. The van der Waals surface area contributed by atoms with Crippen molar-refractivity contribution in [1.29, 1.82) is 0 Å². The van der Waals surface area contributed by atoms with E-state index in [9.17, 15) is 18.0 Å². The number of hydrogen-bond acceptors (Lipinski definition) is 5. The van der Waals surface area contributed by atoms with Crippen LogP contribution in [0.5, 0.6) is 5.88 Å². The third-order valence-electron chi connectivity index (χ3n) is 3.48. The molecule has 0 fully saturated rings. The molecule has 0 atom stereocenters. The molecule has 1 rings (SSSR count). The van der Waals surface area contributed by atoms with Gasteiger partial charge in [-0.25, -0.2) is 14.8 Å². The van der Waals surface area contributed by atoms with Crippen LogP contribution in [-0.4, -0.2) is 54.0 Å². The maximum atomic E-state index is 12.3. The van der Waals surface area contributed by atoms with E-state index in [1.165, 1.54) is 12.3 Å². The first-order chi connectivity index (χ1) is 14.2. The highest BCUT2D eigenvalue weighted by atomic mass is 19.4. The number of nitrogens with one attached hydrogen (secondary N) is 3. The lowest BCUT2D eigenvalue weighted by molar-refractivity contribution is -0.154. The Balaban J connectivity index is 2.70. The number of halogens is 3. The van der Waals surface area contributed by atoms with E-state index in [0.717, 1.165) is 0 Å². The van der Waals surface area contributed by atoms with Crippen LogP contribution in [0.25, 0.3) is 0 Å². The Morgan fingerprint density at radius 1 is 1.16 bits per heavy atom. The molecule has 1 aromatic heterocycles. The van der Waals surface area contributed by atoms with Gasteiger partial charge in [0, 0.05) is 25.4 Å². The minimum atomic E-state index is -4.43. The van der Waals surface area contributed by atoms with Crippen molar-refractivity contribution in [2.45, 2.75) is 65.4 Å². The zero-order chi connectivity index (χ0) is 23.7. The summed E-state index contributed by atoms with van der Waals surface area (Å²) in [7, 11) is 0. The molecule has 0 radical (unpaired) electrons. The average molecular weight is 448 g/mol. The van der Waals surface area contributed by atoms with Crippen LogP contribution in [0.2, 0.25) is 0 Å². The monoisotopic (exact) mass is 447 g/mol. The molecule has 176 valence electrons. The summed E-state index contributed by atoms with van der Waals surface area (Å²) in [6.45, 7) is 10.7. The van der Waals surface area contributed by atoms with Crippen molar-refractivity contribution in [2.75, 3.05) is 19.7 Å². The Labute approximate surface area is 181 Å². The number of carbonyl (C=O) groups is 1. The van der Waals surface area contributed by atoms with Gasteiger partial charge in [-0.05, 0) is 53.2 Å². The van der Waals surface area contributed by atoms with Crippen molar-refractivity contribution in [2.24, 2.45) is 4.99 Å². The summed E-state index contributed by atoms with van der Waals surface area (Å²) in [5.74, 6) is 0.363. The van der Waals surface area contributed by atoms with Gasteiger partial charge in [-0.1, -0.05) is 0 Å². The molecule has 1 aromatic rings. The number of hydrogen-bond donors (Lipinski definition) is 3. The van der Waals surface area contributed by atoms with E-state index in [1.807, 2.05) is 20.8 Å². The average Bonchev–Trinajstić information content (AvgIpc) is 2.60. The van der Waals surface area contributed by atoms with Gasteiger partial charge >= 0.3 is 12.3 Å². The molecule has 0 aliphatic rings. The van der Waals surface area contributed by atoms with Gasteiger partial charge < -0.3 is 25.4 Å². The highest BCUT2D eigenvalue weighted by Crippen LogP contribution is 2.17. The zero-order valence-corrected chi connectivity index (χ0v) is 18.8. The predicted molar refractivity (Wildman–Crippen MR) is 112 cm³/mol. The number of alkyl carbamates (subject to hydrolysis) is 1. The third kappa shape index (κ3) is 12.5. The fourth-order valence-electron chi connectivity index (χ4n) is 2.22. The minimum Gasteiger partial charge on any atom is -0.468 e. The van der Waals surface area contributed by atoms with Gasteiger partial charge in [-0.15, -0.1) is 0 Å². The first-order valence-electron chi connectivity index (χ1n) is 9.87. The molecule has 0 unspecified atom stereocenters. The highest BCUT2D eigenvalue weighted by molar-refractivity contribution is 5.80. The van der Waals surface area contributed by atoms with E-state index in [4.69, 9.17) is 4.74 Å². The molecule has 0 saturated heterocycles. The van der Waals surface area contributed by atoms with Gasteiger partial charge in [0.2, 0.25) is 5.88 Å². The second-order valence-electron chi connectivity index (χ2n) is 8.47. The van der Waals surface area contributed by atoms with E-state index < -0.39 is 30.0 Å². The van der Waals surface area contributed by atoms with Crippen molar-refractivity contribution in [3.8, 4) is 5.88 Å². The summed E-state index contributed by atoms with van der Waals surface area (Å²) >= 11 is 0. The number of alkyl halides is 3. The Bertz CT molecular complexity index is 746. The quantitative estimate of drug-likeness (QED) is 0.418. The zero-order valence-electron chi connectivity index (χ0n) is 18.8. The molecule has 1 amide bonds. The molecule has 31 heavy (non-hydrogen) atoms. The summed E-state index contributed by atoms with van der Waals surface area (Å²) < 4.78 is 46.8. The number of amides is 1. The Morgan fingerprint density at radius 2 is 1.84 bits per heavy atom. The molecule has 0 aliphatic carbocycles. The maximum absolute atomic E-state index is 12.3. The maximum Gasteiger partial charge on any atom is 0.422 e. The molecular formula is C20H32F3N5O3. The number of rotatable bonds is 8. The SMILES string of the molecule is CCNC(=NCc1ccnc(OCC(F)(F)F)c1)NCC(C)(C)NC(=O)OC(C)(C)C. The minimum absolute atomic E-state index is 0.120. The standard InChI is InChI=1S/C20H32F3N5O3/c1-7-24-16(27-12-19(5,6)28-17(29)31-18(2,3)4)26-11-14-8-9-25-15(10-14)30-13-20(21,22)23/h8-10H,7,11-13H2,1-6H3,(H,28,29)(H2,24,26,27). The first-order valence-corrected chi connectivity index (χ1v) is 9.87. The van der Waals surface area contributed by atoms with Crippen molar-refractivity contribution in [3.63, 3.8) is 0 Å². The van der Waals surface area contributed by atoms with E-state index >= 15 is 0 Å². The lowest BCUT2D eigenvalue weighted by Crippen LogP contribution is -2.54. The number of aliphatic imine (C=N–C) groups is 1. The van der Waals surface area contributed by atoms with Crippen molar-refractivity contribution in [3.05, 3.63) is 23.9 Å². The summed E-state index contributed by atoms with van der Waals surface area (Å²) in [4.78, 5) is 20.2. The van der Waals surface area contributed by atoms with Gasteiger partial charge in [0.05, 0.1) is 12.1 Å². The summed E-state index contributed by atoms with van der Waals surface area (Å²) in [6.07, 6.45) is -3.59.